The van der Waals surface area contributed by atoms with Crippen molar-refractivity contribution in [1.82, 2.24) is 0 Å². The Labute approximate surface area is 108 Å². The molecule has 5 heteroatoms. The van der Waals surface area contributed by atoms with Crippen LogP contribution in [0.2, 0.25) is 0 Å². The highest BCUT2D eigenvalue weighted by Crippen LogP contribution is 2.17. The highest BCUT2D eigenvalue weighted by atomic mass is 35.5. The molecule has 3 nitrogen and oxygen atoms in total. The first kappa shape index (κ1) is 14.5. The maximum absolute atomic E-state index is 11.8. The molecule has 0 fully saturated rings. The summed E-state index contributed by atoms with van der Waals surface area (Å²) in [5.41, 5.74) is 0. The molecule has 0 aromatic heterocycles. The Balaban J connectivity index is 2.62. The largest absolute Gasteiger partial charge is 0.297 e. The molecule has 1 aromatic carbocycles. The lowest BCUT2D eigenvalue weighted by Crippen LogP contribution is -2.16. The second-order valence-electron chi connectivity index (χ2n) is 4.03. The molecule has 17 heavy (non-hydrogen) atoms. The minimum atomic E-state index is -3.65. The Morgan fingerprint density at radius 1 is 1.18 bits per heavy atom. The van der Waals surface area contributed by atoms with Gasteiger partial charge in [0.05, 0.1) is 11.0 Å². The van der Waals surface area contributed by atoms with E-state index in [0.717, 1.165) is 6.42 Å². The van der Waals surface area contributed by atoms with Gasteiger partial charge in [-0.15, -0.1) is 11.6 Å². The van der Waals surface area contributed by atoms with Crippen molar-refractivity contribution < 1.29 is 12.6 Å². The van der Waals surface area contributed by atoms with Crippen molar-refractivity contribution in [1.29, 1.82) is 0 Å². The van der Waals surface area contributed by atoms with Crippen LogP contribution in [0.4, 0.5) is 0 Å². The second kappa shape index (κ2) is 6.38. The summed E-state index contributed by atoms with van der Waals surface area (Å²) in [4.78, 5) is 0.186. The van der Waals surface area contributed by atoms with Gasteiger partial charge in [0.2, 0.25) is 0 Å². The van der Waals surface area contributed by atoms with Gasteiger partial charge in [-0.05, 0) is 38.8 Å². The molecule has 0 radical (unpaired) electrons. The lowest BCUT2D eigenvalue weighted by molar-refractivity contribution is 0.215. The molecule has 0 spiro atoms. The van der Waals surface area contributed by atoms with E-state index in [0.29, 0.717) is 6.42 Å². The van der Waals surface area contributed by atoms with Gasteiger partial charge in [0.25, 0.3) is 10.1 Å². The van der Waals surface area contributed by atoms with Crippen molar-refractivity contribution in [2.24, 2.45) is 0 Å². The molecule has 0 saturated carbocycles. The molecule has 0 saturated heterocycles. The number of benzene rings is 1. The first-order valence-electron chi connectivity index (χ1n) is 5.54. The number of hydrogen-bond acceptors (Lipinski definition) is 3. The van der Waals surface area contributed by atoms with Gasteiger partial charge in [-0.25, -0.2) is 0 Å². The van der Waals surface area contributed by atoms with Crippen LogP contribution in [0, 0.1) is 0 Å². The van der Waals surface area contributed by atoms with Gasteiger partial charge in [-0.3, -0.25) is 4.18 Å². The highest BCUT2D eigenvalue weighted by molar-refractivity contribution is 7.86. The van der Waals surface area contributed by atoms with Gasteiger partial charge in [-0.1, -0.05) is 18.2 Å². The Bertz CT molecular complexity index is 428. The fraction of sp³-hybridized carbons (Fsp3) is 0.500. The highest BCUT2D eigenvalue weighted by Gasteiger charge is 2.18. The lowest BCUT2D eigenvalue weighted by atomic mass is 10.2. The molecule has 0 amide bonds. The molecule has 0 heterocycles. The van der Waals surface area contributed by atoms with Crippen molar-refractivity contribution in [3.05, 3.63) is 30.3 Å². The maximum Gasteiger partial charge on any atom is 0.297 e. The van der Waals surface area contributed by atoms with E-state index < -0.39 is 10.1 Å². The molecule has 0 aliphatic carbocycles. The Kier molecular flexibility index (Phi) is 5.43. The predicted molar refractivity (Wildman–Crippen MR) is 68.7 cm³/mol. The van der Waals surface area contributed by atoms with Crippen LogP contribution in [0.1, 0.15) is 26.7 Å². The maximum atomic E-state index is 11.8. The summed E-state index contributed by atoms with van der Waals surface area (Å²) in [5, 5.41) is 0.0282. The molecule has 0 aliphatic heterocycles. The average molecular weight is 277 g/mol. The van der Waals surface area contributed by atoms with Crippen molar-refractivity contribution in [3.8, 4) is 0 Å². The number of hydrogen-bond donors (Lipinski definition) is 0. The van der Waals surface area contributed by atoms with E-state index in [1.54, 1.807) is 25.1 Å². The second-order valence-corrected chi connectivity index (χ2v) is 6.35. The molecule has 2 atom stereocenters. The van der Waals surface area contributed by atoms with Gasteiger partial charge >= 0.3 is 0 Å². The third-order valence-corrected chi connectivity index (χ3v) is 3.94. The molecular formula is C12H17ClO3S. The number of rotatable bonds is 6. The van der Waals surface area contributed by atoms with Crippen LogP contribution in [0.5, 0.6) is 0 Å². The van der Waals surface area contributed by atoms with Crippen LogP contribution >= 0.6 is 11.6 Å². The zero-order chi connectivity index (χ0) is 12.9. The lowest BCUT2D eigenvalue weighted by Gasteiger charge is -2.13. The minimum Gasteiger partial charge on any atom is -0.263 e. The van der Waals surface area contributed by atoms with Gasteiger partial charge < -0.3 is 0 Å². The van der Waals surface area contributed by atoms with Crippen LogP contribution in [-0.2, 0) is 14.3 Å². The summed E-state index contributed by atoms with van der Waals surface area (Å²) in [7, 11) is -3.65. The number of alkyl halides is 1. The Morgan fingerprint density at radius 2 is 1.76 bits per heavy atom. The first-order chi connectivity index (χ1) is 7.92. The van der Waals surface area contributed by atoms with E-state index in [1.165, 1.54) is 12.1 Å². The van der Waals surface area contributed by atoms with Crippen molar-refractivity contribution >= 4 is 21.7 Å². The van der Waals surface area contributed by atoms with Crippen molar-refractivity contribution in [3.63, 3.8) is 0 Å². The van der Waals surface area contributed by atoms with Crippen LogP contribution in [-0.4, -0.2) is 19.9 Å². The molecule has 0 bridgehead atoms. The van der Waals surface area contributed by atoms with Crippen molar-refractivity contribution in [2.75, 3.05) is 0 Å². The zero-order valence-electron chi connectivity index (χ0n) is 9.97. The van der Waals surface area contributed by atoms with Crippen LogP contribution in [0.3, 0.4) is 0 Å². The monoisotopic (exact) mass is 276 g/mol. The Morgan fingerprint density at radius 3 is 2.29 bits per heavy atom. The summed E-state index contributed by atoms with van der Waals surface area (Å²) in [6, 6.07) is 8.14. The predicted octanol–water partition coefficient (Wildman–Crippen LogP) is 3.19. The smallest absolute Gasteiger partial charge is 0.263 e. The zero-order valence-corrected chi connectivity index (χ0v) is 11.5. The van der Waals surface area contributed by atoms with E-state index in [2.05, 4.69) is 0 Å². The normalized spacial score (nSPS) is 15.5. The molecule has 2 unspecified atom stereocenters. The first-order valence-corrected chi connectivity index (χ1v) is 7.38. The molecule has 0 N–H and O–H groups in total. The van der Waals surface area contributed by atoms with E-state index >= 15 is 0 Å². The summed E-state index contributed by atoms with van der Waals surface area (Å²) < 4.78 is 28.8. The van der Waals surface area contributed by atoms with Gasteiger partial charge in [0.15, 0.2) is 0 Å². The average Bonchev–Trinajstić information content (AvgIpc) is 2.27. The molecule has 96 valence electrons. The molecular weight excluding hydrogens is 260 g/mol. The van der Waals surface area contributed by atoms with Gasteiger partial charge in [0.1, 0.15) is 0 Å². The topological polar surface area (TPSA) is 43.4 Å². The van der Waals surface area contributed by atoms with E-state index in [4.69, 9.17) is 15.8 Å². The van der Waals surface area contributed by atoms with Crippen LogP contribution < -0.4 is 0 Å². The molecule has 1 aromatic rings. The van der Waals surface area contributed by atoms with Gasteiger partial charge in [-0.2, -0.15) is 8.42 Å². The van der Waals surface area contributed by atoms with Crippen molar-refractivity contribution in [2.45, 2.75) is 43.1 Å². The van der Waals surface area contributed by atoms with Crippen LogP contribution in [0.15, 0.2) is 35.2 Å². The van der Waals surface area contributed by atoms with Gasteiger partial charge in [0, 0.05) is 5.38 Å². The fourth-order valence-corrected chi connectivity index (χ4v) is 2.63. The Hall–Kier alpha value is -0.580. The molecule has 0 aliphatic rings. The summed E-state index contributed by atoms with van der Waals surface area (Å²) in [6.07, 6.45) is 0.991. The van der Waals surface area contributed by atoms with E-state index in [-0.39, 0.29) is 16.4 Å². The van der Waals surface area contributed by atoms with E-state index in [9.17, 15) is 8.42 Å². The summed E-state index contributed by atoms with van der Waals surface area (Å²) in [6.45, 7) is 3.61. The number of halogens is 1. The quantitative estimate of drug-likeness (QED) is 0.592. The summed E-state index contributed by atoms with van der Waals surface area (Å²) >= 11 is 5.81. The SMILES string of the molecule is CC(Cl)CCC(C)OS(=O)(=O)c1ccccc1. The third-order valence-electron chi connectivity index (χ3n) is 2.29. The fourth-order valence-electron chi connectivity index (χ4n) is 1.37. The minimum absolute atomic E-state index is 0.0282. The molecule has 1 rings (SSSR count). The standard InChI is InChI=1S/C12H17ClO3S/c1-10(13)8-9-11(2)16-17(14,15)12-6-4-3-5-7-12/h3-7,10-11H,8-9H2,1-2H3. The van der Waals surface area contributed by atoms with E-state index in [1.807, 2.05) is 6.92 Å². The summed E-state index contributed by atoms with van der Waals surface area (Å²) in [5.74, 6) is 0. The third kappa shape index (κ3) is 5.06. The van der Waals surface area contributed by atoms with Crippen LogP contribution in [0.25, 0.3) is 0 Å².